The van der Waals surface area contributed by atoms with E-state index in [4.69, 9.17) is 10.0 Å². The van der Waals surface area contributed by atoms with E-state index in [0.717, 1.165) is 24.3 Å². The van der Waals surface area contributed by atoms with Crippen LogP contribution >= 0.6 is 0 Å². The van der Waals surface area contributed by atoms with Crippen LogP contribution in [-0.2, 0) is 6.42 Å². The number of rotatable bonds is 1. The van der Waals surface area contributed by atoms with Crippen molar-refractivity contribution < 1.29 is 10.0 Å². The van der Waals surface area contributed by atoms with Crippen molar-refractivity contribution >= 4 is 18.4 Å². The summed E-state index contributed by atoms with van der Waals surface area (Å²) >= 11 is 0. The summed E-state index contributed by atoms with van der Waals surface area (Å²) in [5.74, 6) is 0. The van der Waals surface area contributed by atoms with Gasteiger partial charge in [0.15, 0.2) is 0 Å². The van der Waals surface area contributed by atoms with Crippen molar-refractivity contribution in [1.82, 2.24) is 4.98 Å². The lowest BCUT2D eigenvalue weighted by Crippen LogP contribution is -2.33. The summed E-state index contributed by atoms with van der Waals surface area (Å²) in [4.78, 5) is 4.09. The Balaban J connectivity index is 2.39. The fourth-order valence-corrected chi connectivity index (χ4v) is 1.33. The molecule has 62 valence electrons. The number of pyridine rings is 1. The monoisotopic (exact) mass is 164 g/mol. The van der Waals surface area contributed by atoms with Gasteiger partial charge in [-0.3, -0.25) is 4.98 Å². The molecule has 12 heavy (non-hydrogen) atoms. The van der Waals surface area contributed by atoms with Gasteiger partial charge >= 0.3 is 7.12 Å². The zero-order valence-corrected chi connectivity index (χ0v) is 6.49. The van der Waals surface area contributed by atoms with E-state index in [1.165, 1.54) is 0 Å². The highest BCUT2D eigenvalue weighted by Gasteiger charge is 2.17. The fourth-order valence-electron chi connectivity index (χ4n) is 1.33. The van der Waals surface area contributed by atoms with Crippen LogP contribution in [0.15, 0.2) is 12.1 Å². The van der Waals surface area contributed by atoms with Crippen molar-refractivity contribution in [3.8, 4) is 0 Å². The average molecular weight is 164 g/mol. The molecule has 1 aliphatic rings. The average Bonchev–Trinajstić information content (AvgIpc) is 2.49. The molecule has 0 saturated heterocycles. The lowest BCUT2D eigenvalue weighted by atomic mass is 9.85. The Morgan fingerprint density at radius 3 is 3.00 bits per heavy atom. The van der Waals surface area contributed by atoms with Crippen LogP contribution in [-0.4, -0.2) is 28.7 Å². The molecule has 0 radical (unpaired) electrons. The second-order valence-electron chi connectivity index (χ2n) is 2.78. The van der Waals surface area contributed by atoms with Gasteiger partial charge in [0.25, 0.3) is 0 Å². The minimum absolute atomic E-state index is 0.317. The van der Waals surface area contributed by atoms with Gasteiger partial charge in [0.1, 0.15) is 0 Å². The molecule has 0 atom stereocenters. The highest BCUT2D eigenvalue weighted by atomic mass is 16.4. The van der Waals surface area contributed by atoms with E-state index >= 15 is 0 Å². The van der Waals surface area contributed by atoms with E-state index in [0.29, 0.717) is 5.59 Å². The molecule has 0 saturated carbocycles. The van der Waals surface area contributed by atoms with Gasteiger partial charge in [-0.25, -0.2) is 0 Å². The third-order valence-corrected chi connectivity index (χ3v) is 1.94. The van der Waals surface area contributed by atoms with Crippen molar-refractivity contribution in [3.05, 3.63) is 17.8 Å². The van der Waals surface area contributed by atoms with Crippen LogP contribution in [0.4, 0.5) is 5.69 Å². The summed E-state index contributed by atoms with van der Waals surface area (Å²) in [5, 5.41) is 20.8. The summed E-state index contributed by atoms with van der Waals surface area (Å²) in [6.45, 7) is 0.882. The van der Waals surface area contributed by atoms with Crippen LogP contribution in [0.1, 0.15) is 5.69 Å². The van der Waals surface area contributed by atoms with Crippen LogP contribution < -0.4 is 10.9 Å². The first kappa shape index (κ1) is 7.58. The van der Waals surface area contributed by atoms with E-state index in [9.17, 15) is 0 Å². The van der Waals surface area contributed by atoms with E-state index in [2.05, 4.69) is 10.3 Å². The molecule has 0 spiro atoms. The molecule has 2 rings (SSSR count). The lowest BCUT2D eigenvalue weighted by Gasteiger charge is -2.01. The third-order valence-electron chi connectivity index (χ3n) is 1.94. The highest BCUT2D eigenvalue weighted by Crippen LogP contribution is 2.17. The summed E-state index contributed by atoms with van der Waals surface area (Å²) in [5.41, 5.74) is 2.23. The second kappa shape index (κ2) is 2.77. The first-order chi connectivity index (χ1) is 5.77. The van der Waals surface area contributed by atoms with Gasteiger partial charge in [-0.05, 0) is 12.1 Å². The molecule has 1 aromatic rings. The SMILES string of the molecule is OB(O)c1ccc2c(n1)CCN2. The molecule has 1 aromatic heterocycles. The van der Waals surface area contributed by atoms with E-state index in [1.807, 2.05) is 6.07 Å². The van der Waals surface area contributed by atoms with Gasteiger partial charge in [-0.2, -0.15) is 0 Å². The summed E-state index contributed by atoms with van der Waals surface area (Å²) in [7, 11) is -1.46. The molecule has 5 heteroatoms. The van der Waals surface area contributed by atoms with Crippen LogP contribution in [0.25, 0.3) is 0 Å². The van der Waals surface area contributed by atoms with E-state index < -0.39 is 7.12 Å². The van der Waals surface area contributed by atoms with Crippen molar-refractivity contribution in [2.75, 3.05) is 11.9 Å². The normalized spacial score (nSPS) is 13.8. The third kappa shape index (κ3) is 1.17. The zero-order chi connectivity index (χ0) is 8.55. The maximum absolute atomic E-state index is 8.83. The molecule has 0 amide bonds. The lowest BCUT2D eigenvalue weighted by molar-refractivity contribution is 0.424. The number of nitrogens with zero attached hydrogens (tertiary/aromatic N) is 1. The standard InChI is InChI=1S/C7H9BN2O2/c11-8(12)7-2-1-5-6(10-7)3-4-9-5/h1-2,9,11-12H,3-4H2. The first-order valence-electron chi connectivity index (χ1n) is 3.87. The summed E-state index contributed by atoms with van der Waals surface area (Å²) < 4.78 is 0. The number of anilines is 1. The van der Waals surface area contributed by atoms with Crippen molar-refractivity contribution in [2.45, 2.75) is 6.42 Å². The van der Waals surface area contributed by atoms with Crippen molar-refractivity contribution in [3.63, 3.8) is 0 Å². The van der Waals surface area contributed by atoms with Crippen molar-refractivity contribution in [1.29, 1.82) is 0 Å². The van der Waals surface area contributed by atoms with Gasteiger partial charge in [0.05, 0.1) is 17.0 Å². The quantitative estimate of drug-likeness (QED) is 0.452. The number of hydrogen-bond acceptors (Lipinski definition) is 4. The molecule has 0 unspecified atom stereocenters. The molecule has 0 aromatic carbocycles. The van der Waals surface area contributed by atoms with E-state index in [-0.39, 0.29) is 0 Å². The van der Waals surface area contributed by atoms with Crippen LogP contribution in [0.3, 0.4) is 0 Å². The minimum atomic E-state index is -1.46. The van der Waals surface area contributed by atoms with Crippen molar-refractivity contribution in [2.24, 2.45) is 0 Å². The topological polar surface area (TPSA) is 65.4 Å². The molecule has 1 aliphatic heterocycles. The Bertz CT molecular complexity index is 303. The Labute approximate surface area is 70.4 Å². The maximum atomic E-state index is 8.83. The molecule has 0 aliphatic carbocycles. The maximum Gasteiger partial charge on any atom is 0.508 e. The van der Waals surface area contributed by atoms with Gasteiger partial charge < -0.3 is 15.4 Å². The first-order valence-corrected chi connectivity index (χ1v) is 3.87. The molecule has 3 N–H and O–H groups in total. The number of aromatic nitrogens is 1. The van der Waals surface area contributed by atoms with E-state index in [1.54, 1.807) is 6.07 Å². The minimum Gasteiger partial charge on any atom is -0.422 e. The molecule has 0 bridgehead atoms. The Kier molecular flexibility index (Phi) is 1.75. The predicted molar refractivity (Wildman–Crippen MR) is 46.3 cm³/mol. The van der Waals surface area contributed by atoms with Gasteiger partial charge in [-0.1, -0.05) is 0 Å². The van der Waals surface area contributed by atoms with Gasteiger partial charge in [0, 0.05) is 13.0 Å². The number of fused-ring (bicyclic) bond motifs is 1. The molecule has 4 nitrogen and oxygen atoms in total. The zero-order valence-electron chi connectivity index (χ0n) is 6.49. The highest BCUT2D eigenvalue weighted by molar-refractivity contribution is 6.57. The predicted octanol–water partition coefficient (Wildman–Crippen LogP) is -1.27. The summed E-state index contributed by atoms with van der Waals surface area (Å²) in [6, 6.07) is 3.44. The van der Waals surface area contributed by atoms with Crippen LogP contribution in [0.5, 0.6) is 0 Å². The smallest absolute Gasteiger partial charge is 0.422 e. The molecule has 2 heterocycles. The Morgan fingerprint density at radius 2 is 2.25 bits per heavy atom. The fraction of sp³-hybridized carbons (Fsp3) is 0.286. The Hall–Kier alpha value is -1.07. The molecular formula is C7H9BN2O2. The number of nitrogens with one attached hydrogen (secondary N) is 1. The van der Waals surface area contributed by atoms with Gasteiger partial charge in [-0.15, -0.1) is 0 Å². The van der Waals surface area contributed by atoms with Crippen LogP contribution in [0.2, 0.25) is 0 Å². The Morgan fingerprint density at radius 1 is 1.42 bits per heavy atom. The van der Waals surface area contributed by atoms with Crippen LogP contribution in [0, 0.1) is 0 Å². The number of hydrogen-bond donors (Lipinski definition) is 3. The molecular weight excluding hydrogens is 155 g/mol. The summed E-state index contributed by atoms with van der Waals surface area (Å²) in [6.07, 6.45) is 0.857. The second-order valence-corrected chi connectivity index (χ2v) is 2.78. The molecule has 0 fully saturated rings. The van der Waals surface area contributed by atoms with Gasteiger partial charge in [0.2, 0.25) is 0 Å². The largest absolute Gasteiger partial charge is 0.508 e.